The average Bonchev–Trinajstić information content (AvgIpc) is 3.69. The molecule has 0 N–H and O–H groups in total. The molecule has 11 aromatic carbocycles. The van der Waals surface area contributed by atoms with Crippen LogP contribution >= 0.6 is 0 Å². The Hall–Kier alpha value is -8.26. The van der Waals surface area contributed by atoms with E-state index in [-0.39, 0.29) is 0 Å². The molecule has 12 rings (SSSR count). The van der Waals surface area contributed by atoms with Crippen LogP contribution in [0, 0.1) is 0 Å². The SMILES string of the molecule is c1ccc(-c2ccccc2N(c2cc(-c3ccc4ccccc4c3)ccc2-c2ccc3ccccc3c2)c2cccc3c2-c2ccccc2C3(c2ccccc2)c2ccccc2)cc1. The molecule has 0 unspecified atom stereocenters. The molecule has 0 radical (unpaired) electrons. The van der Waals surface area contributed by atoms with E-state index in [0.29, 0.717) is 0 Å². The minimum absolute atomic E-state index is 0.552. The van der Waals surface area contributed by atoms with Crippen molar-refractivity contribution in [1.29, 1.82) is 0 Å². The van der Waals surface area contributed by atoms with E-state index in [2.05, 4.69) is 266 Å². The highest BCUT2D eigenvalue weighted by Crippen LogP contribution is 2.60. The molecular formula is C63H43N. The lowest BCUT2D eigenvalue weighted by atomic mass is 9.68. The second-order valence-electron chi connectivity index (χ2n) is 16.8. The number of hydrogen-bond donors (Lipinski definition) is 0. The summed E-state index contributed by atoms with van der Waals surface area (Å²) in [7, 11) is 0. The number of benzene rings is 11. The molecule has 64 heavy (non-hydrogen) atoms. The van der Waals surface area contributed by atoms with Crippen LogP contribution in [-0.2, 0) is 5.41 Å². The molecule has 1 aliphatic carbocycles. The second kappa shape index (κ2) is 15.6. The summed E-state index contributed by atoms with van der Waals surface area (Å²) in [5.74, 6) is 0. The van der Waals surface area contributed by atoms with Gasteiger partial charge in [-0.15, -0.1) is 0 Å². The number of hydrogen-bond acceptors (Lipinski definition) is 1. The minimum atomic E-state index is -0.552. The van der Waals surface area contributed by atoms with Crippen molar-refractivity contribution in [2.75, 3.05) is 4.90 Å². The molecule has 0 atom stereocenters. The minimum Gasteiger partial charge on any atom is -0.309 e. The monoisotopic (exact) mass is 813 g/mol. The van der Waals surface area contributed by atoms with Crippen molar-refractivity contribution < 1.29 is 0 Å². The molecule has 0 bridgehead atoms. The molecule has 0 amide bonds. The Balaban J connectivity index is 1.21. The van der Waals surface area contributed by atoms with Gasteiger partial charge in [0.15, 0.2) is 0 Å². The van der Waals surface area contributed by atoms with E-state index in [4.69, 9.17) is 0 Å². The van der Waals surface area contributed by atoms with Crippen LogP contribution in [0.3, 0.4) is 0 Å². The van der Waals surface area contributed by atoms with Gasteiger partial charge in [0, 0.05) is 16.7 Å². The van der Waals surface area contributed by atoms with Crippen LogP contribution in [0.5, 0.6) is 0 Å². The third-order valence-electron chi connectivity index (χ3n) is 13.3. The number of anilines is 3. The molecule has 0 saturated carbocycles. The molecule has 0 heterocycles. The van der Waals surface area contributed by atoms with Gasteiger partial charge in [-0.1, -0.05) is 231 Å². The summed E-state index contributed by atoms with van der Waals surface area (Å²) >= 11 is 0. The summed E-state index contributed by atoms with van der Waals surface area (Å²) in [4.78, 5) is 2.57. The molecular weight excluding hydrogens is 771 g/mol. The molecule has 0 aliphatic heterocycles. The van der Waals surface area contributed by atoms with Gasteiger partial charge in [0.25, 0.3) is 0 Å². The van der Waals surface area contributed by atoms with Gasteiger partial charge in [0.05, 0.1) is 22.5 Å². The van der Waals surface area contributed by atoms with Gasteiger partial charge in [-0.2, -0.15) is 0 Å². The first-order valence-electron chi connectivity index (χ1n) is 22.2. The predicted octanol–water partition coefficient (Wildman–Crippen LogP) is 16.8. The summed E-state index contributed by atoms with van der Waals surface area (Å²) in [6, 6.07) is 96.2. The largest absolute Gasteiger partial charge is 0.309 e. The smallest absolute Gasteiger partial charge is 0.0714 e. The quantitative estimate of drug-likeness (QED) is 0.148. The van der Waals surface area contributed by atoms with Gasteiger partial charge in [0.2, 0.25) is 0 Å². The Morgan fingerprint density at radius 3 is 1.41 bits per heavy atom. The zero-order valence-corrected chi connectivity index (χ0v) is 35.3. The Bertz CT molecular complexity index is 3460. The molecule has 0 spiro atoms. The van der Waals surface area contributed by atoms with Crippen LogP contribution in [0.1, 0.15) is 22.3 Å². The maximum absolute atomic E-state index is 2.57. The van der Waals surface area contributed by atoms with Gasteiger partial charge >= 0.3 is 0 Å². The van der Waals surface area contributed by atoms with Crippen molar-refractivity contribution in [2.45, 2.75) is 5.41 Å². The number of nitrogens with zero attached hydrogens (tertiary/aromatic N) is 1. The van der Waals surface area contributed by atoms with Crippen molar-refractivity contribution in [3.8, 4) is 44.5 Å². The molecule has 1 nitrogen and oxygen atoms in total. The Morgan fingerprint density at radius 1 is 0.250 bits per heavy atom. The van der Waals surface area contributed by atoms with Crippen molar-refractivity contribution in [1.82, 2.24) is 0 Å². The van der Waals surface area contributed by atoms with Crippen LogP contribution in [0.2, 0.25) is 0 Å². The number of rotatable bonds is 8. The lowest BCUT2D eigenvalue weighted by Gasteiger charge is -2.35. The number of para-hydroxylation sites is 1. The van der Waals surface area contributed by atoms with Crippen LogP contribution in [0.4, 0.5) is 17.1 Å². The normalized spacial score (nSPS) is 12.5. The first-order chi connectivity index (χ1) is 31.8. The molecule has 0 aromatic heterocycles. The zero-order chi connectivity index (χ0) is 42.5. The maximum atomic E-state index is 2.57. The van der Waals surface area contributed by atoms with Gasteiger partial charge < -0.3 is 4.90 Å². The van der Waals surface area contributed by atoms with E-state index < -0.39 is 5.41 Å². The van der Waals surface area contributed by atoms with E-state index in [0.717, 1.165) is 44.9 Å². The van der Waals surface area contributed by atoms with E-state index in [1.165, 1.54) is 60.5 Å². The van der Waals surface area contributed by atoms with Crippen molar-refractivity contribution in [2.24, 2.45) is 0 Å². The van der Waals surface area contributed by atoms with E-state index in [9.17, 15) is 0 Å². The third kappa shape index (κ3) is 6.08. The van der Waals surface area contributed by atoms with Gasteiger partial charge in [-0.05, 0) is 102 Å². The second-order valence-corrected chi connectivity index (χ2v) is 16.8. The fourth-order valence-electron chi connectivity index (χ4n) is 10.4. The van der Waals surface area contributed by atoms with Crippen LogP contribution in [-0.4, -0.2) is 0 Å². The van der Waals surface area contributed by atoms with Crippen LogP contribution < -0.4 is 4.90 Å². The van der Waals surface area contributed by atoms with E-state index >= 15 is 0 Å². The Morgan fingerprint density at radius 2 is 0.719 bits per heavy atom. The standard InChI is InChI=1S/C63H43N/c1-4-21-46(22-5-1)54-29-15-17-33-59(54)64(60-34-18-32-58-62(60)56-30-14-16-31-57(56)63(58,52-25-6-2-7-26-52)53-27-8-3-9-28-53)61-43-50(49-37-35-44-19-10-12-23-47(44)41-49)39-40-55(61)51-38-36-45-20-11-13-24-48(45)42-51/h1-43H. The Labute approximate surface area is 374 Å². The molecule has 11 aromatic rings. The number of fused-ring (bicyclic) bond motifs is 5. The van der Waals surface area contributed by atoms with Gasteiger partial charge in [-0.25, -0.2) is 0 Å². The first kappa shape index (κ1) is 37.5. The maximum Gasteiger partial charge on any atom is 0.0714 e. The molecule has 1 heteroatoms. The first-order valence-corrected chi connectivity index (χ1v) is 22.2. The third-order valence-corrected chi connectivity index (χ3v) is 13.3. The van der Waals surface area contributed by atoms with Crippen molar-refractivity contribution >= 4 is 38.6 Å². The summed E-state index contributed by atoms with van der Waals surface area (Å²) in [6.45, 7) is 0. The lowest BCUT2D eigenvalue weighted by Crippen LogP contribution is -2.28. The predicted molar refractivity (Wildman–Crippen MR) is 270 cm³/mol. The van der Waals surface area contributed by atoms with E-state index in [1.54, 1.807) is 0 Å². The highest BCUT2D eigenvalue weighted by atomic mass is 15.2. The molecule has 0 saturated heterocycles. The van der Waals surface area contributed by atoms with Crippen LogP contribution in [0.25, 0.3) is 66.1 Å². The van der Waals surface area contributed by atoms with Gasteiger partial charge in [0.1, 0.15) is 0 Å². The van der Waals surface area contributed by atoms with E-state index in [1.807, 2.05) is 0 Å². The lowest BCUT2D eigenvalue weighted by molar-refractivity contribution is 0.768. The summed E-state index contributed by atoms with van der Waals surface area (Å²) in [5, 5.41) is 4.90. The topological polar surface area (TPSA) is 3.24 Å². The summed E-state index contributed by atoms with van der Waals surface area (Å²) in [6.07, 6.45) is 0. The average molecular weight is 814 g/mol. The fraction of sp³-hybridized carbons (Fsp3) is 0.0159. The molecule has 1 aliphatic rings. The van der Waals surface area contributed by atoms with Gasteiger partial charge in [-0.3, -0.25) is 0 Å². The highest BCUT2D eigenvalue weighted by molar-refractivity contribution is 6.03. The zero-order valence-electron chi connectivity index (χ0n) is 35.3. The fourth-order valence-corrected chi connectivity index (χ4v) is 10.4. The van der Waals surface area contributed by atoms with Crippen molar-refractivity contribution in [3.63, 3.8) is 0 Å². The highest BCUT2D eigenvalue weighted by Gasteiger charge is 2.47. The summed E-state index contributed by atoms with van der Waals surface area (Å²) in [5.41, 5.74) is 17.3. The summed E-state index contributed by atoms with van der Waals surface area (Å²) < 4.78 is 0. The van der Waals surface area contributed by atoms with Crippen LogP contribution in [0.15, 0.2) is 261 Å². The van der Waals surface area contributed by atoms with Crippen molar-refractivity contribution in [3.05, 3.63) is 283 Å². The molecule has 0 fully saturated rings. The molecule has 300 valence electrons. The Kier molecular flexibility index (Phi) is 9.13.